The first-order chi connectivity index (χ1) is 10.5. The SMILES string of the molecule is CC(C)(N)c1noc(CN2CCN(c3ccccc3)CC2)n1. The van der Waals surface area contributed by atoms with E-state index in [1.807, 2.05) is 19.9 Å². The van der Waals surface area contributed by atoms with Crippen LogP contribution in [0.1, 0.15) is 25.6 Å². The van der Waals surface area contributed by atoms with Gasteiger partial charge in [0, 0.05) is 31.9 Å². The molecule has 0 unspecified atom stereocenters. The maximum absolute atomic E-state index is 5.98. The van der Waals surface area contributed by atoms with E-state index in [0.717, 1.165) is 26.2 Å². The first-order valence-corrected chi connectivity index (χ1v) is 7.67. The fourth-order valence-electron chi connectivity index (χ4n) is 2.58. The van der Waals surface area contributed by atoms with E-state index in [2.05, 4.69) is 44.2 Å². The van der Waals surface area contributed by atoms with Crippen molar-refractivity contribution in [2.24, 2.45) is 5.73 Å². The Kier molecular flexibility index (Phi) is 4.13. The highest BCUT2D eigenvalue weighted by Gasteiger charge is 2.23. The van der Waals surface area contributed by atoms with E-state index >= 15 is 0 Å². The Hall–Kier alpha value is -1.92. The van der Waals surface area contributed by atoms with Gasteiger partial charge in [-0.05, 0) is 26.0 Å². The first kappa shape index (κ1) is 15.0. The predicted octanol–water partition coefficient (Wildman–Crippen LogP) is 1.59. The van der Waals surface area contributed by atoms with Crippen LogP contribution in [0.5, 0.6) is 0 Å². The van der Waals surface area contributed by atoms with Crippen molar-refractivity contribution in [1.29, 1.82) is 0 Å². The normalized spacial score (nSPS) is 17.0. The van der Waals surface area contributed by atoms with Gasteiger partial charge in [0.25, 0.3) is 0 Å². The van der Waals surface area contributed by atoms with Gasteiger partial charge in [-0.3, -0.25) is 4.90 Å². The lowest BCUT2D eigenvalue weighted by Gasteiger charge is -2.35. The highest BCUT2D eigenvalue weighted by molar-refractivity contribution is 5.46. The molecule has 6 nitrogen and oxygen atoms in total. The zero-order valence-electron chi connectivity index (χ0n) is 13.2. The summed E-state index contributed by atoms with van der Waals surface area (Å²) in [5, 5.41) is 3.97. The van der Waals surface area contributed by atoms with Crippen LogP contribution in [0, 0.1) is 0 Å². The van der Waals surface area contributed by atoms with Gasteiger partial charge < -0.3 is 15.2 Å². The summed E-state index contributed by atoms with van der Waals surface area (Å²) in [6.45, 7) is 8.42. The minimum absolute atomic E-state index is 0.561. The molecule has 0 radical (unpaired) electrons. The topological polar surface area (TPSA) is 71.4 Å². The van der Waals surface area contributed by atoms with Crippen molar-refractivity contribution < 1.29 is 4.52 Å². The van der Waals surface area contributed by atoms with Crippen molar-refractivity contribution in [1.82, 2.24) is 15.0 Å². The number of aromatic nitrogens is 2. The maximum atomic E-state index is 5.98. The van der Waals surface area contributed by atoms with E-state index < -0.39 is 5.54 Å². The molecule has 0 atom stereocenters. The van der Waals surface area contributed by atoms with Gasteiger partial charge >= 0.3 is 0 Å². The summed E-state index contributed by atoms with van der Waals surface area (Å²) >= 11 is 0. The second-order valence-electron chi connectivity index (χ2n) is 6.33. The van der Waals surface area contributed by atoms with E-state index in [-0.39, 0.29) is 0 Å². The van der Waals surface area contributed by atoms with Gasteiger partial charge in [-0.25, -0.2) is 0 Å². The molecule has 2 heterocycles. The molecule has 1 aromatic carbocycles. The van der Waals surface area contributed by atoms with Crippen molar-refractivity contribution in [2.45, 2.75) is 25.9 Å². The van der Waals surface area contributed by atoms with E-state index in [1.165, 1.54) is 5.69 Å². The van der Waals surface area contributed by atoms with Crippen LogP contribution in [-0.4, -0.2) is 41.2 Å². The molecule has 1 aromatic heterocycles. The molecular weight excluding hydrogens is 278 g/mol. The summed E-state index contributed by atoms with van der Waals surface area (Å²) in [5.74, 6) is 1.20. The number of nitrogens with zero attached hydrogens (tertiary/aromatic N) is 4. The van der Waals surface area contributed by atoms with Gasteiger partial charge in [-0.1, -0.05) is 23.4 Å². The van der Waals surface area contributed by atoms with E-state index in [1.54, 1.807) is 0 Å². The van der Waals surface area contributed by atoms with Crippen LogP contribution in [-0.2, 0) is 12.1 Å². The molecule has 0 amide bonds. The quantitative estimate of drug-likeness (QED) is 0.924. The summed E-state index contributed by atoms with van der Waals surface area (Å²) in [6.07, 6.45) is 0. The number of piperazine rings is 1. The monoisotopic (exact) mass is 301 g/mol. The molecule has 1 aliphatic rings. The van der Waals surface area contributed by atoms with Crippen molar-refractivity contribution in [3.05, 3.63) is 42.0 Å². The van der Waals surface area contributed by atoms with Crippen LogP contribution in [0.3, 0.4) is 0 Å². The smallest absolute Gasteiger partial charge is 0.240 e. The summed E-state index contributed by atoms with van der Waals surface area (Å²) in [4.78, 5) is 9.13. The van der Waals surface area contributed by atoms with Gasteiger partial charge in [-0.15, -0.1) is 0 Å². The molecule has 2 aromatic rings. The van der Waals surface area contributed by atoms with Crippen LogP contribution >= 0.6 is 0 Å². The molecule has 0 spiro atoms. The highest BCUT2D eigenvalue weighted by atomic mass is 16.5. The largest absolute Gasteiger partial charge is 0.369 e. The number of rotatable bonds is 4. The molecule has 0 saturated carbocycles. The van der Waals surface area contributed by atoms with Crippen molar-refractivity contribution >= 4 is 5.69 Å². The molecule has 3 rings (SSSR count). The number of hydrogen-bond acceptors (Lipinski definition) is 6. The lowest BCUT2D eigenvalue weighted by atomic mass is 10.1. The van der Waals surface area contributed by atoms with Gasteiger partial charge in [0.15, 0.2) is 5.82 Å². The van der Waals surface area contributed by atoms with Gasteiger partial charge in [0.2, 0.25) is 5.89 Å². The van der Waals surface area contributed by atoms with Gasteiger partial charge in [0.1, 0.15) is 0 Å². The Morgan fingerprint density at radius 3 is 2.41 bits per heavy atom. The lowest BCUT2D eigenvalue weighted by molar-refractivity contribution is 0.215. The molecule has 1 fully saturated rings. The fraction of sp³-hybridized carbons (Fsp3) is 0.500. The van der Waals surface area contributed by atoms with Gasteiger partial charge in [0.05, 0.1) is 12.1 Å². The van der Waals surface area contributed by atoms with Crippen LogP contribution in [0.15, 0.2) is 34.9 Å². The average Bonchev–Trinajstić information content (AvgIpc) is 2.98. The molecule has 0 aliphatic carbocycles. The van der Waals surface area contributed by atoms with E-state index in [9.17, 15) is 0 Å². The minimum atomic E-state index is -0.562. The molecular formula is C16H23N5O. The molecule has 1 aliphatic heterocycles. The molecule has 6 heteroatoms. The molecule has 22 heavy (non-hydrogen) atoms. The van der Waals surface area contributed by atoms with Crippen LogP contribution in [0.4, 0.5) is 5.69 Å². The molecule has 2 N–H and O–H groups in total. The van der Waals surface area contributed by atoms with Crippen molar-refractivity contribution in [2.75, 3.05) is 31.1 Å². The standard InChI is InChI=1S/C16H23N5O/c1-16(2,17)15-18-14(22-19-15)12-20-8-10-21(11-9-20)13-6-4-3-5-7-13/h3-7H,8-12,17H2,1-2H3. The number of hydrogen-bond donors (Lipinski definition) is 1. The Morgan fingerprint density at radius 1 is 1.14 bits per heavy atom. The van der Waals surface area contributed by atoms with Gasteiger partial charge in [-0.2, -0.15) is 4.98 Å². The third-order valence-corrected chi connectivity index (χ3v) is 3.90. The highest BCUT2D eigenvalue weighted by Crippen LogP contribution is 2.17. The van der Waals surface area contributed by atoms with Crippen molar-refractivity contribution in [3.8, 4) is 0 Å². The van der Waals surface area contributed by atoms with Crippen LogP contribution < -0.4 is 10.6 Å². The molecule has 118 valence electrons. The number of para-hydroxylation sites is 1. The second kappa shape index (κ2) is 6.06. The first-order valence-electron chi connectivity index (χ1n) is 7.67. The third kappa shape index (κ3) is 3.45. The fourth-order valence-corrected chi connectivity index (χ4v) is 2.58. The number of nitrogens with two attached hydrogens (primary N) is 1. The van der Waals surface area contributed by atoms with E-state index in [0.29, 0.717) is 18.3 Å². The Morgan fingerprint density at radius 2 is 1.82 bits per heavy atom. The summed E-state index contributed by atoms with van der Waals surface area (Å²) in [5.41, 5.74) is 6.70. The predicted molar refractivity (Wildman–Crippen MR) is 85.4 cm³/mol. The molecule has 0 bridgehead atoms. The lowest BCUT2D eigenvalue weighted by Crippen LogP contribution is -2.46. The number of anilines is 1. The summed E-state index contributed by atoms with van der Waals surface area (Å²) in [6, 6.07) is 10.5. The average molecular weight is 301 g/mol. The van der Waals surface area contributed by atoms with E-state index in [4.69, 9.17) is 10.3 Å². The minimum Gasteiger partial charge on any atom is -0.369 e. The van der Waals surface area contributed by atoms with Crippen LogP contribution in [0.2, 0.25) is 0 Å². The van der Waals surface area contributed by atoms with Crippen LogP contribution in [0.25, 0.3) is 0 Å². The second-order valence-corrected chi connectivity index (χ2v) is 6.33. The Bertz CT molecular complexity index is 596. The summed E-state index contributed by atoms with van der Waals surface area (Å²) in [7, 11) is 0. The Balaban J connectivity index is 1.55. The molecule has 1 saturated heterocycles. The number of benzene rings is 1. The zero-order chi connectivity index (χ0) is 15.6. The van der Waals surface area contributed by atoms with Crippen molar-refractivity contribution in [3.63, 3.8) is 0 Å². The Labute approximate surface area is 130 Å². The zero-order valence-corrected chi connectivity index (χ0v) is 13.2. The summed E-state index contributed by atoms with van der Waals surface area (Å²) < 4.78 is 5.31. The third-order valence-electron chi connectivity index (χ3n) is 3.90. The maximum Gasteiger partial charge on any atom is 0.240 e.